The molecule has 1 saturated heterocycles. The van der Waals surface area contributed by atoms with Crippen molar-refractivity contribution in [1.82, 2.24) is 9.71 Å². The molecule has 1 N–H and O–H groups in total. The summed E-state index contributed by atoms with van der Waals surface area (Å²) < 4.78 is 0. The van der Waals surface area contributed by atoms with Gasteiger partial charge in [-0.3, -0.25) is 9.69 Å². The number of aliphatic carboxylic acids is 1. The summed E-state index contributed by atoms with van der Waals surface area (Å²) in [6.07, 6.45) is 0.0894. The lowest BCUT2D eigenvalue weighted by molar-refractivity contribution is -0.136. The van der Waals surface area contributed by atoms with E-state index in [1.54, 1.807) is 0 Å². The maximum atomic E-state index is 10.6. The van der Waals surface area contributed by atoms with Crippen LogP contribution in [0.5, 0.6) is 0 Å². The second-order valence-corrected chi connectivity index (χ2v) is 4.70. The van der Waals surface area contributed by atoms with Crippen LogP contribution >= 0.6 is 0 Å². The first-order valence-electron chi connectivity index (χ1n) is 6.15. The molecule has 2 radical (unpaired) electrons. The van der Waals surface area contributed by atoms with Gasteiger partial charge in [0.1, 0.15) is 0 Å². The number of carbonyl (C=O) groups is 1. The lowest BCUT2D eigenvalue weighted by atomic mass is 10.1. The van der Waals surface area contributed by atoms with Crippen LogP contribution in [0.4, 0.5) is 0 Å². The van der Waals surface area contributed by atoms with E-state index >= 15 is 0 Å². The molecule has 4 nitrogen and oxygen atoms in total. The molecule has 0 aliphatic carbocycles. The number of benzene rings is 1. The van der Waals surface area contributed by atoms with E-state index in [9.17, 15) is 4.79 Å². The third kappa shape index (κ3) is 3.86. The van der Waals surface area contributed by atoms with Crippen LogP contribution in [0.1, 0.15) is 11.1 Å². The molecule has 1 heterocycles. The minimum absolute atomic E-state index is 0.0894. The molecule has 0 amide bonds. The zero-order valence-corrected chi connectivity index (χ0v) is 10.4. The van der Waals surface area contributed by atoms with Gasteiger partial charge in [0, 0.05) is 19.6 Å². The van der Waals surface area contributed by atoms with Crippen molar-refractivity contribution in [3.8, 4) is 0 Å². The highest BCUT2D eigenvalue weighted by atomic mass is 16.4. The molecular weight excluding hydrogens is 227 g/mol. The minimum Gasteiger partial charge on any atom is -0.481 e. The van der Waals surface area contributed by atoms with Gasteiger partial charge >= 0.3 is 5.97 Å². The quantitative estimate of drug-likeness (QED) is 0.784. The van der Waals surface area contributed by atoms with Crippen molar-refractivity contribution < 1.29 is 9.90 Å². The topological polar surface area (TPSA) is 43.8 Å². The number of nitrogens with zero attached hydrogens (tertiary/aromatic N) is 2. The molecule has 0 unspecified atom stereocenters. The predicted molar refractivity (Wildman–Crippen MR) is 70.4 cm³/mol. The van der Waals surface area contributed by atoms with Crippen molar-refractivity contribution in [3.05, 3.63) is 35.4 Å². The zero-order chi connectivity index (χ0) is 13.0. The van der Waals surface area contributed by atoms with E-state index < -0.39 is 5.97 Å². The number of rotatable bonds is 4. The summed E-state index contributed by atoms with van der Waals surface area (Å²) in [4.78, 5) is 14.8. The van der Waals surface area contributed by atoms with Crippen molar-refractivity contribution in [3.63, 3.8) is 0 Å². The predicted octanol–water partition coefficient (Wildman–Crippen LogP) is 0.515. The summed E-state index contributed by atoms with van der Waals surface area (Å²) in [5.74, 6) is -0.790. The van der Waals surface area contributed by atoms with Gasteiger partial charge in [-0.15, -0.1) is 0 Å². The number of carboxylic acids is 1. The standard InChI is InChI=1S/C13H17BN2O2/c14-16-7-5-15(6-8-16)10-12-3-1-11(2-4-12)9-13(17)18/h1-4H,5-10H2,(H,17,18). The van der Waals surface area contributed by atoms with Gasteiger partial charge in [-0.2, -0.15) is 0 Å². The van der Waals surface area contributed by atoms with Crippen LogP contribution < -0.4 is 0 Å². The molecule has 0 saturated carbocycles. The van der Waals surface area contributed by atoms with Crippen LogP contribution in [0, 0.1) is 0 Å². The van der Waals surface area contributed by atoms with Gasteiger partial charge in [-0.05, 0) is 24.2 Å². The third-order valence-corrected chi connectivity index (χ3v) is 3.19. The second-order valence-electron chi connectivity index (χ2n) is 4.70. The second kappa shape index (κ2) is 6.02. The molecule has 18 heavy (non-hydrogen) atoms. The number of carboxylic acid groups (broad SMARTS) is 1. The lowest BCUT2D eigenvalue weighted by Crippen LogP contribution is -2.44. The fourth-order valence-corrected chi connectivity index (χ4v) is 2.12. The first-order valence-corrected chi connectivity index (χ1v) is 6.15. The normalized spacial score (nSPS) is 17.8. The van der Waals surface area contributed by atoms with Gasteiger partial charge in [0.25, 0.3) is 0 Å². The SMILES string of the molecule is [B]N1CCN(Cc2ccc(CC(=O)O)cc2)CC1. The molecule has 5 heteroatoms. The Balaban J connectivity index is 1.88. The summed E-state index contributed by atoms with van der Waals surface area (Å²) >= 11 is 0. The maximum Gasteiger partial charge on any atom is 0.307 e. The summed E-state index contributed by atoms with van der Waals surface area (Å²) in [6, 6.07) is 7.80. The number of piperazine rings is 1. The highest BCUT2D eigenvalue weighted by molar-refractivity contribution is 6.04. The van der Waals surface area contributed by atoms with Crippen molar-refractivity contribution in [1.29, 1.82) is 0 Å². The molecule has 0 atom stereocenters. The average Bonchev–Trinajstić information content (AvgIpc) is 2.34. The zero-order valence-electron chi connectivity index (χ0n) is 10.4. The minimum atomic E-state index is -0.790. The van der Waals surface area contributed by atoms with Crippen molar-refractivity contribution >= 4 is 14.0 Å². The van der Waals surface area contributed by atoms with E-state index in [1.165, 1.54) is 5.56 Å². The Morgan fingerprint density at radius 1 is 1.11 bits per heavy atom. The number of hydrogen-bond donors (Lipinski definition) is 1. The van der Waals surface area contributed by atoms with Crippen LogP contribution in [0.2, 0.25) is 0 Å². The van der Waals surface area contributed by atoms with Crippen LogP contribution in [0.25, 0.3) is 0 Å². The highest BCUT2D eigenvalue weighted by Gasteiger charge is 2.13. The molecule has 1 fully saturated rings. The molecule has 94 valence electrons. The van der Waals surface area contributed by atoms with Crippen LogP contribution in [0.3, 0.4) is 0 Å². The molecule has 1 aliphatic rings. The molecule has 2 rings (SSSR count). The highest BCUT2D eigenvalue weighted by Crippen LogP contribution is 2.10. The van der Waals surface area contributed by atoms with Gasteiger partial charge in [-0.25, -0.2) is 0 Å². The molecule has 1 aliphatic heterocycles. The summed E-state index contributed by atoms with van der Waals surface area (Å²) in [6.45, 7) is 4.66. The van der Waals surface area contributed by atoms with E-state index in [4.69, 9.17) is 13.1 Å². The van der Waals surface area contributed by atoms with Crippen LogP contribution in [0.15, 0.2) is 24.3 Å². The van der Waals surface area contributed by atoms with Gasteiger partial charge in [0.15, 0.2) is 7.98 Å². The Kier molecular flexibility index (Phi) is 4.39. The molecule has 0 spiro atoms. The maximum absolute atomic E-state index is 10.6. The fourth-order valence-electron chi connectivity index (χ4n) is 2.12. The summed E-state index contributed by atoms with van der Waals surface area (Å²) in [5, 5.41) is 8.70. The smallest absolute Gasteiger partial charge is 0.307 e. The van der Waals surface area contributed by atoms with E-state index in [0.717, 1.165) is 38.3 Å². The van der Waals surface area contributed by atoms with Gasteiger partial charge < -0.3 is 9.92 Å². The summed E-state index contributed by atoms with van der Waals surface area (Å²) in [5.41, 5.74) is 2.06. The van der Waals surface area contributed by atoms with Crippen molar-refractivity contribution in [2.75, 3.05) is 26.2 Å². The average molecular weight is 244 g/mol. The van der Waals surface area contributed by atoms with E-state index in [1.807, 2.05) is 29.1 Å². The van der Waals surface area contributed by atoms with Crippen molar-refractivity contribution in [2.45, 2.75) is 13.0 Å². The summed E-state index contributed by atoms with van der Waals surface area (Å²) in [7, 11) is 5.71. The molecule has 1 aromatic carbocycles. The lowest BCUT2D eigenvalue weighted by Gasteiger charge is -2.32. The fraction of sp³-hybridized carbons (Fsp3) is 0.462. The van der Waals surface area contributed by atoms with Gasteiger partial charge in [0.05, 0.1) is 6.42 Å². The Morgan fingerprint density at radius 2 is 1.67 bits per heavy atom. The Morgan fingerprint density at radius 3 is 2.22 bits per heavy atom. The van der Waals surface area contributed by atoms with E-state index in [2.05, 4.69) is 4.90 Å². The largest absolute Gasteiger partial charge is 0.481 e. The first kappa shape index (κ1) is 13.1. The Labute approximate surface area is 109 Å². The Bertz CT molecular complexity index is 400. The van der Waals surface area contributed by atoms with Crippen molar-refractivity contribution in [2.24, 2.45) is 0 Å². The van der Waals surface area contributed by atoms with Crippen LogP contribution in [-0.4, -0.2) is 54.9 Å². The molecule has 0 bridgehead atoms. The Hall–Kier alpha value is -1.33. The van der Waals surface area contributed by atoms with Crippen LogP contribution in [-0.2, 0) is 17.8 Å². The number of hydrogen-bond acceptors (Lipinski definition) is 3. The first-order chi connectivity index (χ1) is 8.63. The third-order valence-electron chi connectivity index (χ3n) is 3.19. The molecular formula is C13H17BN2O2. The molecule has 1 aromatic rings. The monoisotopic (exact) mass is 244 g/mol. The van der Waals surface area contributed by atoms with Gasteiger partial charge in [-0.1, -0.05) is 24.3 Å². The van der Waals surface area contributed by atoms with E-state index in [0.29, 0.717) is 0 Å². The van der Waals surface area contributed by atoms with E-state index in [-0.39, 0.29) is 6.42 Å². The molecule has 0 aromatic heterocycles. The van der Waals surface area contributed by atoms with Gasteiger partial charge in [0.2, 0.25) is 0 Å².